The van der Waals surface area contributed by atoms with Gasteiger partial charge < -0.3 is 15.5 Å². The van der Waals surface area contributed by atoms with E-state index in [1.165, 1.54) is 16.9 Å². The molecule has 1 aromatic carbocycles. The number of anilines is 2. The fourth-order valence-electron chi connectivity index (χ4n) is 3.29. The van der Waals surface area contributed by atoms with E-state index in [1.54, 1.807) is 23.5 Å². The van der Waals surface area contributed by atoms with E-state index in [4.69, 9.17) is 0 Å². The van der Waals surface area contributed by atoms with Gasteiger partial charge in [0.05, 0.1) is 10.9 Å². The molecule has 4 rings (SSSR count). The molecule has 3 amide bonds. The summed E-state index contributed by atoms with van der Waals surface area (Å²) in [7, 11) is 0. The maximum absolute atomic E-state index is 12.8. The first kappa shape index (κ1) is 17.8. The Morgan fingerprint density at radius 1 is 1.04 bits per heavy atom. The molecule has 138 valence electrons. The summed E-state index contributed by atoms with van der Waals surface area (Å²) in [6.45, 7) is 0.751. The number of rotatable bonds is 4. The summed E-state index contributed by atoms with van der Waals surface area (Å²) in [5.74, 6) is -0.148. The lowest BCUT2D eigenvalue weighted by Crippen LogP contribution is -2.34. The molecule has 5 nitrogen and oxygen atoms in total. The molecule has 0 aliphatic carbocycles. The quantitative estimate of drug-likeness (QED) is 0.616. The molecular formula is C20H19N3O2S2. The third kappa shape index (κ3) is 4.04. The van der Waals surface area contributed by atoms with Crippen molar-refractivity contribution in [3.05, 3.63) is 69.0 Å². The fraction of sp³-hybridized carbons (Fsp3) is 0.200. The lowest BCUT2D eigenvalue weighted by atomic mass is 10.1. The number of benzene rings is 1. The summed E-state index contributed by atoms with van der Waals surface area (Å²) in [6.07, 6.45) is 1.99. The number of hydrogen-bond donors (Lipinski definition) is 2. The Bertz CT molecular complexity index is 923. The first-order valence-corrected chi connectivity index (χ1v) is 10.6. The molecule has 0 bridgehead atoms. The van der Waals surface area contributed by atoms with Gasteiger partial charge in [-0.15, -0.1) is 11.3 Å². The van der Waals surface area contributed by atoms with Crippen molar-refractivity contribution < 1.29 is 9.59 Å². The van der Waals surface area contributed by atoms with E-state index < -0.39 is 0 Å². The lowest BCUT2D eigenvalue weighted by Gasteiger charge is -2.24. The van der Waals surface area contributed by atoms with Crippen molar-refractivity contribution in [2.75, 3.05) is 17.2 Å². The zero-order chi connectivity index (χ0) is 18.6. The summed E-state index contributed by atoms with van der Waals surface area (Å²) in [5, 5.41) is 11.9. The minimum atomic E-state index is -0.148. The molecule has 3 aromatic rings. The van der Waals surface area contributed by atoms with Crippen LogP contribution in [-0.4, -0.2) is 23.4 Å². The van der Waals surface area contributed by atoms with Crippen LogP contribution in [0.2, 0.25) is 0 Å². The predicted molar refractivity (Wildman–Crippen MR) is 111 cm³/mol. The Kier molecular flexibility index (Phi) is 5.22. The minimum absolute atomic E-state index is 0.106. The highest BCUT2D eigenvalue weighted by atomic mass is 32.1. The van der Waals surface area contributed by atoms with Crippen molar-refractivity contribution in [3.63, 3.8) is 0 Å². The first-order chi connectivity index (χ1) is 13.2. The zero-order valence-corrected chi connectivity index (χ0v) is 16.2. The van der Waals surface area contributed by atoms with E-state index in [0.717, 1.165) is 19.4 Å². The van der Waals surface area contributed by atoms with Crippen LogP contribution in [0.15, 0.2) is 58.6 Å². The van der Waals surface area contributed by atoms with Gasteiger partial charge in [0.15, 0.2) is 0 Å². The standard InChI is InChI=1S/C20H19N3O2S2/c24-19(18-7-3-10-27-18)21-15-4-1-5-16(12-15)22-20(25)23-9-2-6-17(23)14-8-11-26-13-14/h1,3-5,7-8,10-13,17H,2,6,9H2,(H,21,24)(H,22,25). The topological polar surface area (TPSA) is 61.4 Å². The van der Waals surface area contributed by atoms with Crippen molar-refractivity contribution in [1.29, 1.82) is 0 Å². The van der Waals surface area contributed by atoms with Crippen LogP contribution in [-0.2, 0) is 0 Å². The summed E-state index contributed by atoms with van der Waals surface area (Å²) in [5.41, 5.74) is 2.52. The van der Waals surface area contributed by atoms with Crippen LogP contribution in [0.4, 0.5) is 16.2 Å². The molecule has 0 spiro atoms. The maximum Gasteiger partial charge on any atom is 0.322 e. The van der Waals surface area contributed by atoms with Crippen LogP contribution in [0.1, 0.15) is 34.1 Å². The summed E-state index contributed by atoms with van der Waals surface area (Å²) in [4.78, 5) is 27.5. The smallest absolute Gasteiger partial charge is 0.321 e. The Hall–Kier alpha value is -2.64. The highest BCUT2D eigenvalue weighted by Crippen LogP contribution is 2.33. The average molecular weight is 398 g/mol. The van der Waals surface area contributed by atoms with E-state index >= 15 is 0 Å². The van der Waals surface area contributed by atoms with E-state index in [9.17, 15) is 9.59 Å². The summed E-state index contributed by atoms with van der Waals surface area (Å²) in [6, 6.07) is 13.0. The van der Waals surface area contributed by atoms with Crippen LogP contribution in [0.3, 0.4) is 0 Å². The molecule has 3 heterocycles. The van der Waals surface area contributed by atoms with Gasteiger partial charge in [-0.25, -0.2) is 4.79 Å². The van der Waals surface area contributed by atoms with Gasteiger partial charge in [0, 0.05) is 17.9 Å². The van der Waals surface area contributed by atoms with Gasteiger partial charge in [-0.05, 0) is 64.9 Å². The van der Waals surface area contributed by atoms with Crippen LogP contribution in [0.25, 0.3) is 0 Å². The molecule has 1 saturated heterocycles. The molecule has 1 fully saturated rings. The summed E-state index contributed by atoms with van der Waals surface area (Å²) < 4.78 is 0. The Morgan fingerprint density at radius 2 is 1.89 bits per heavy atom. The van der Waals surface area contributed by atoms with Gasteiger partial charge in [-0.2, -0.15) is 11.3 Å². The van der Waals surface area contributed by atoms with Gasteiger partial charge in [0.1, 0.15) is 0 Å². The SMILES string of the molecule is O=C(Nc1cccc(NC(=O)N2CCCC2c2ccsc2)c1)c1cccs1. The minimum Gasteiger partial charge on any atom is -0.321 e. The van der Waals surface area contributed by atoms with Gasteiger partial charge in [-0.1, -0.05) is 12.1 Å². The lowest BCUT2D eigenvalue weighted by molar-refractivity contribution is 0.103. The van der Waals surface area contributed by atoms with Crippen LogP contribution < -0.4 is 10.6 Å². The second-order valence-corrected chi connectivity index (χ2v) is 8.08. The molecule has 1 aliphatic heterocycles. The molecule has 1 atom stereocenters. The first-order valence-electron chi connectivity index (χ1n) is 8.75. The number of hydrogen-bond acceptors (Lipinski definition) is 4. The third-order valence-corrected chi connectivity index (χ3v) is 6.13. The Labute approximate surface area is 165 Å². The number of amides is 3. The highest BCUT2D eigenvalue weighted by Gasteiger charge is 2.30. The normalized spacial score (nSPS) is 16.3. The molecule has 1 unspecified atom stereocenters. The van der Waals surface area contributed by atoms with Crippen molar-refractivity contribution in [1.82, 2.24) is 4.90 Å². The molecule has 2 N–H and O–H groups in total. The molecule has 1 aliphatic rings. The van der Waals surface area contributed by atoms with E-state index in [1.807, 2.05) is 39.9 Å². The number of carbonyl (C=O) groups excluding carboxylic acids is 2. The largest absolute Gasteiger partial charge is 0.322 e. The van der Waals surface area contributed by atoms with Crippen LogP contribution >= 0.6 is 22.7 Å². The maximum atomic E-state index is 12.8. The van der Waals surface area contributed by atoms with Gasteiger partial charge in [0.25, 0.3) is 5.91 Å². The number of likely N-dealkylation sites (tertiary alicyclic amines) is 1. The Balaban J connectivity index is 1.43. The molecule has 0 radical (unpaired) electrons. The van der Waals surface area contributed by atoms with Crippen molar-refractivity contribution in [2.24, 2.45) is 0 Å². The summed E-state index contributed by atoms with van der Waals surface area (Å²) >= 11 is 3.05. The molecular weight excluding hydrogens is 378 g/mol. The van der Waals surface area contributed by atoms with E-state index in [0.29, 0.717) is 16.3 Å². The Morgan fingerprint density at radius 3 is 2.63 bits per heavy atom. The van der Waals surface area contributed by atoms with Crippen molar-refractivity contribution in [2.45, 2.75) is 18.9 Å². The predicted octanol–water partition coefficient (Wildman–Crippen LogP) is 5.43. The van der Waals surface area contributed by atoms with Crippen LogP contribution in [0.5, 0.6) is 0 Å². The zero-order valence-electron chi connectivity index (χ0n) is 14.6. The van der Waals surface area contributed by atoms with Gasteiger partial charge in [-0.3, -0.25) is 4.79 Å². The number of nitrogens with one attached hydrogen (secondary N) is 2. The molecule has 27 heavy (non-hydrogen) atoms. The molecule has 2 aromatic heterocycles. The average Bonchev–Trinajstić information content (AvgIpc) is 3.43. The number of thiophene rings is 2. The van der Waals surface area contributed by atoms with E-state index in [-0.39, 0.29) is 18.0 Å². The second-order valence-electron chi connectivity index (χ2n) is 6.35. The van der Waals surface area contributed by atoms with Gasteiger partial charge >= 0.3 is 6.03 Å². The van der Waals surface area contributed by atoms with Gasteiger partial charge in [0.2, 0.25) is 0 Å². The fourth-order valence-corrected chi connectivity index (χ4v) is 4.62. The number of carbonyl (C=O) groups is 2. The monoisotopic (exact) mass is 397 g/mol. The van der Waals surface area contributed by atoms with Crippen LogP contribution in [0, 0.1) is 0 Å². The molecule has 0 saturated carbocycles. The van der Waals surface area contributed by atoms with Crippen molar-refractivity contribution >= 4 is 46.0 Å². The number of nitrogens with zero attached hydrogens (tertiary/aromatic N) is 1. The number of urea groups is 1. The molecule has 7 heteroatoms. The van der Waals surface area contributed by atoms with Crippen molar-refractivity contribution in [3.8, 4) is 0 Å². The third-order valence-electron chi connectivity index (χ3n) is 4.56. The second kappa shape index (κ2) is 7.94. The van der Waals surface area contributed by atoms with E-state index in [2.05, 4.69) is 22.1 Å². The highest BCUT2D eigenvalue weighted by molar-refractivity contribution is 7.12.